The number of nitrogens with two attached hydrogens (primary N) is 1. The highest BCUT2D eigenvalue weighted by Crippen LogP contribution is 2.22. The van der Waals surface area contributed by atoms with Crippen LogP contribution in [0.1, 0.15) is 16.9 Å². The van der Waals surface area contributed by atoms with E-state index in [1.165, 1.54) is 6.07 Å². The molecule has 19 heavy (non-hydrogen) atoms. The lowest BCUT2D eigenvalue weighted by Gasteiger charge is -2.20. The first-order valence-corrected chi connectivity index (χ1v) is 6.23. The molecule has 0 fully saturated rings. The van der Waals surface area contributed by atoms with Gasteiger partial charge in [-0.25, -0.2) is 4.39 Å². The van der Waals surface area contributed by atoms with Crippen LogP contribution in [0.15, 0.2) is 34.9 Å². The van der Waals surface area contributed by atoms with E-state index in [2.05, 4.69) is 0 Å². The normalized spacial score (nSPS) is 10.5. The van der Waals surface area contributed by atoms with Gasteiger partial charge in [0.25, 0.3) is 0 Å². The Labute approximate surface area is 116 Å². The summed E-state index contributed by atoms with van der Waals surface area (Å²) in [4.78, 5) is 2.01. The molecule has 5 heteroatoms. The van der Waals surface area contributed by atoms with Crippen molar-refractivity contribution in [1.82, 2.24) is 0 Å². The third kappa shape index (κ3) is 2.93. The van der Waals surface area contributed by atoms with Crippen molar-refractivity contribution in [2.45, 2.75) is 13.5 Å². The topological polar surface area (TPSA) is 42.4 Å². The second-order valence-electron chi connectivity index (χ2n) is 4.39. The van der Waals surface area contributed by atoms with Gasteiger partial charge in [0.15, 0.2) is 0 Å². The molecule has 0 spiro atoms. The highest BCUT2D eigenvalue weighted by atomic mass is 32.1. The molecule has 1 aromatic heterocycles. The molecule has 0 saturated heterocycles. The van der Waals surface area contributed by atoms with Crippen molar-refractivity contribution in [3.8, 4) is 0 Å². The lowest BCUT2D eigenvalue weighted by atomic mass is 10.1. The summed E-state index contributed by atoms with van der Waals surface area (Å²) in [5, 5.41) is 0. The number of benzene rings is 1. The van der Waals surface area contributed by atoms with Gasteiger partial charge < -0.3 is 15.1 Å². The molecule has 1 heterocycles. The maximum Gasteiger partial charge on any atom is 0.147 e. The van der Waals surface area contributed by atoms with Gasteiger partial charge in [0.2, 0.25) is 0 Å². The average Bonchev–Trinajstić information content (AvgIpc) is 2.74. The number of hydrogen-bond donors (Lipinski definition) is 1. The lowest BCUT2D eigenvalue weighted by molar-refractivity contribution is 0.529. The largest absolute Gasteiger partial charge is 0.469 e. The van der Waals surface area contributed by atoms with Gasteiger partial charge in [-0.2, -0.15) is 0 Å². The number of thiocarbonyl (C=S) groups is 1. The molecule has 100 valence electrons. The van der Waals surface area contributed by atoms with Gasteiger partial charge >= 0.3 is 0 Å². The lowest BCUT2D eigenvalue weighted by Crippen LogP contribution is -2.18. The maximum atomic E-state index is 14.0. The minimum atomic E-state index is -0.339. The van der Waals surface area contributed by atoms with Crippen LogP contribution in [-0.4, -0.2) is 12.0 Å². The molecule has 1 aromatic carbocycles. The summed E-state index contributed by atoms with van der Waals surface area (Å²) in [5.41, 5.74) is 7.54. The summed E-state index contributed by atoms with van der Waals surface area (Å²) in [7, 11) is 1.82. The Bertz CT molecular complexity index is 609. The molecule has 0 atom stereocenters. The molecule has 0 radical (unpaired) electrons. The summed E-state index contributed by atoms with van der Waals surface area (Å²) < 4.78 is 19.2. The highest BCUT2D eigenvalue weighted by Gasteiger charge is 2.11. The van der Waals surface area contributed by atoms with E-state index < -0.39 is 0 Å². The van der Waals surface area contributed by atoms with E-state index in [1.807, 2.05) is 24.9 Å². The molecule has 3 nitrogen and oxygen atoms in total. The van der Waals surface area contributed by atoms with E-state index in [4.69, 9.17) is 22.4 Å². The van der Waals surface area contributed by atoms with E-state index >= 15 is 0 Å². The standard InChI is InChI=1S/C14H15FN2OS/c1-9-11(5-6-18-9)8-17(2)13-4-3-10(14(16)19)7-12(13)15/h3-7H,8H2,1-2H3,(H2,16,19). The Morgan fingerprint density at radius 3 is 2.68 bits per heavy atom. The minimum Gasteiger partial charge on any atom is -0.469 e. The van der Waals surface area contributed by atoms with E-state index in [9.17, 15) is 4.39 Å². The first kappa shape index (κ1) is 13.5. The number of aryl methyl sites for hydroxylation is 1. The summed E-state index contributed by atoms with van der Waals surface area (Å²) in [6, 6.07) is 6.64. The SMILES string of the molecule is Cc1occc1CN(C)c1ccc(C(N)=S)cc1F. The summed E-state index contributed by atoms with van der Waals surface area (Å²) in [5.74, 6) is 0.501. The number of anilines is 1. The fourth-order valence-corrected chi connectivity index (χ4v) is 2.01. The fraction of sp³-hybridized carbons (Fsp3) is 0.214. The maximum absolute atomic E-state index is 14.0. The van der Waals surface area contributed by atoms with Crippen molar-refractivity contribution in [2.24, 2.45) is 5.73 Å². The van der Waals surface area contributed by atoms with Crippen LogP contribution >= 0.6 is 12.2 Å². The average molecular weight is 278 g/mol. The molecule has 0 amide bonds. The molecule has 0 bridgehead atoms. The minimum absolute atomic E-state index is 0.193. The zero-order valence-electron chi connectivity index (χ0n) is 10.8. The zero-order valence-corrected chi connectivity index (χ0v) is 11.6. The van der Waals surface area contributed by atoms with E-state index in [0.29, 0.717) is 17.8 Å². The van der Waals surface area contributed by atoms with Crippen molar-refractivity contribution < 1.29 is 8.81 Å². The van der Waals surface area contributed by atoms with Crippen molar-refractivity contribution in [3.05, 3.63) is 53.2 Å². The first-order valence-electron chi connectivity index (χ1n) is 5.82. The van der Waals surface area contributed by atoms with Gasteiger partial charge in [-0.05, 0) is 31.2 Å². The number of halogens is 1. The molecule has 0 saturated carbocycles. The quantitative estimate of drug-likeness (QED) is 0.873. The van der Waals surface area contributed by atoms with E-state index in [1.54, 1.807) is 18.4 Å². The molecule has 2 N–H and O–H groups in total. The second kappa shape index (κ2) is 5.40. The van der Waals surface area contributed by atoms with Crippen molar-refractivity contribution in [2.75, 3.05) is 11.9 Å². The van der Waals surface area contributed by atoms with Crippen LogP contribution in [0.3, 0.4) is 0 Å². The fourth-order valence-electron chi connectivity index (χ4n) is 1.89. The summed E-state index contributed by atoms with van der Waals surface area (Å²) in [6.07, 6.45) is 1.63. The number of nitrogens with zero attached hydrogens (tertiary/aromatic N) is 1. The van der Waals surface area contributed by atoms with E-state index in [0.717, 1.165) is 11.3 Å². The van der Waals surface area contributed by atoms with Crippen LogP contribution in [-0.2, 0) is 6.54 Å². The Kier molecular flexibility index (Phi) is 3.85. The van der Waals surface area contributed by atoms with Crippen LogP contribution in [0.5, 0.6) is 0 Å². The first-order chi connectivity index (χ1) is 8.99. The van der Waals surface area contributed by atoms with Crippen LogP contribution in [0, 0.1) is 12.7 Å². The third-order valence-corrected chi connectivity index (χ3v) is 3.25. The molecule has 2 rings (SSSR count). The van der Waals surface area contributed by atoms with Gasteiger partial charge in [0, 0.05) is 24.7 Å². The number of rotatable bonds is 4. The Morgan fingerprint density at radius 1 is 1.42 bits per heavy atom. The molecular formula is C14H15FN2OS. The van der Waals surface area contributed by atoms with Crippen molar-refractivity contribution >= 4 is 22.9 Å². The number of furan rings is 1. The Hall–Kier alpha value is -1.88. The number of hydrogen-bond acceptors (Lipinski definition) is 3. The van der Waals surface area contributed by atoms with Crippen molar-refractivity contribution in [1.29, 1.82) is 0 Å². The van der Waals surface area contributed by atoms with Crippen LogP contribution < -0.4 is 10.6 Å². The van der Waals surface area contributed by atoms with Crippen LogP contribution in [0.2, 0.25) is 0 Å². The van der Waals surface area contributed by atoms with Crippen LogP contribution in [0.4, 0.5) is 10.1 Å². The molecule has 2 aromatic rings. The van der Waals surface area contributed by atoms with Gasteiger partial charge in [0.05, 0.1) is 12.0 Å². The van der Waals surface area contributed by atoms with Crippen molar-refractivity contribution in [3.63, 3.8) is 0 Å². The molecule has 0 aliphatic heterocycles. The zero-order chi connectivity index (χ0) is 14.0. The molecule has 0 aliphatic rings. The Morgan fingerprint density at radius 2 is 2.16 bits per heavy atom. The molecular weight excluding hydrogens is 263 g/mol. The third-order valence-electron chi connectivity index (χ3n) is 3.02. The van der Waals surface area contributed by atoms with Crippen LogP contribution in [0.25, 0.3) is 0 Å². The predicted molar refractivity (Wildman–Crippen MR) is 77.8 cm³/mol. The summed E-state index contributed by atoms with van der Waals surface area (Å²) >= 11 is 4.83. The van der Waals surface area contributed by atoms with Gasteiger partial charge in [-0.1, -0.05) is 12.2 Å². The molecule has 0 aliphatic carbocycles. The Balaban J connectivity index is 2.22. The predicted octanol–water partition coefficient (Wildman–Crippen LogP) is 3.00. The monoisotopic (exact) mass is 278 g/mol. The van der Waals surface area contributed by atoms with Gasteiger partial charge in [-0.15, -0.1) is 0 Å². The molecule has 0 unspecified atom stereocenters. The highest BCUT2D eigenvalue weighted by molar-refractivity contribution is 7.80. The smallest absolute Gasteiger partial charge is 0.147 e. The van der Waals surface area contributed by atoms with E-state index in [-0.39, 0.29) is 10.8 Å². The summed E-state index contributed by atoms with van der Waals surface area (Å²) in [6.45, 7) is 2.46. The second-order valence-corrected chi connectivity index (χ2v) is 4.83. The van der Waals surface area contributed by atoms with Gasteiger partial charge in [0.1, 0.15) is 16.6 Å². The van der Waals surface area contributed by atoms with Gasteiger partial charge in [-0.3, -0.25) is 0 Å².